The van der Waals surface area contributed by atoms with Gasteiger partial charge in [0.05, 0.1) is 18.7 Å². The van der Waals surface area contributed by atoms with Gasteiger partial charge in [-0.05, 0) is 44.0 Å². The highest BCUT2D eigenvalue weighted by molar-refractivity contribution is 6.05. The number of nitrogens with zero attached hydrogens (tertiary/aromatic N) is 2. The first-order valence-electron chi connectivity index (χ1n) is 10.0. The van der Waals surface area contributed by atoms with Crippen LogP contribution in [0.3, 0.4) is 0 Å². The monoisotopic (exact) mass is 370 g/mol. The Bertz CT molecular complexity index is 822. The van der Waals surface area contributed by atoms with Gasteiger partial charge in [0.15, 0.2) is 5.69 Å². The first-order valence-corrected chi connectivity index (χ1v) is 10.0. The number of H-pyrrole nitrogens is 1. The molecular formula is C20H26N4O3. The smallest absolute Gasteiger partial charge is 0.272 e. The Labute approximate surface area is 158 Å². The van der Waals surface area contributed by atoms with E-state index in [0.717, 1.165) is 62.3 Å². The first kappa shape index (κ1) is 17.0. The molecule has 27 heavy (non-hydrogen) atoms. The molecule has 1 aromatic carbocycles. The molecule has 7 heteroatoms. The number of hydrogen-bond donors (Lipinski definition) is 2. The van der Waals surface area contributed by atoms with Gasteiger partial charge in [-0.2, -0.15) is 5.10 Å². The number of aromatic nitrogens is 2. The molecule has 1 aromatic heterocycles. The molecule has 0 aliphatic carbocycles. The van der Waals surface area contributed by atoms with E-state index in [0.29, 0.717) is 11.6 Å². The third-order valence-corrected chi connectivity index (χ3v) is 6.19. The number of aromatic amines is 1. The average Bonchev–Trinajstić information content (AvgIpc) is 3.13. The SMILES string of the molecule is O=C(NC1CN2CCC1CC2)c1n[nH]c2cc(OC3CCOCC3)ccc12. The quantitative estimate of drug-likeness (QED) is 0.860. The molecule has 4 fully saturated rings. The Balaban J connectivity index is 1.29. The van der Waals surface area contributed by atoms with Gasteiger partial charge >= 0.3 is 0 Å². The second kappa shape index (κ2) is 7.13. The Morgan fingerprint density at radius 2 is 2.04 bits per heavy atom. The van der Waals surface area contributed by atoms with Gasteiger partial charge in [-0.3, -0.25) is 9.89 Å². The lowest BCUT2D eigenvalue weighted by Crippen LogP contribution is -2.57. The highest BCUT2D eigenvalue weighted by atomic mass is 16.5. The second-order valence-corrected chi connectivity index (χ2v) is 7.93. The summed E-state index contributed by atoms with van der Waals surface area (Å²) in [5, 5.41) is 11.3. The van der Waals surface area contributed by atoms with Crippen LogP contribution in [0.15, 0.2) is 18.2 Å². The van der Waals surface area contributed by atoms with Gasteiger partial charge in [0, 0.05) is 36.9 Å². The van der Waals surface area contributed by atoms with Crippen molar-refractivity contribution in [1.29, 1.82) is 0 Å². The van der Waals surface area contributed by atoms with Crippen molar-refractivity contribution in [3.05, 3.63) is 23.9 Å². The minimum atomic E-state index is -0.0851. The zero-order valence-electron chi connectivity index (χ0n) is 15.4. The van der Waals surface area contributed by atoms with Crippen LogP contribution in [0.4, 0.5) is 0 Å². The summed E-state index contributed by atoms with van der Waals surface area (Å²) in [5.41, 5.74) is 1.30. The molecule has 6 rings (SSSR count). The molecular weight excluding hydrogens is 344 g/mol. The van der Waals surface area contributed by atoms with Crippen molar-refractivity contribution >= 4 is 16.8 Å². The molecule has 4 saturated heterocycles. The van der Waals surface area contributed by atoms with E-state index < -0.39 is 0 Å². The number of ether oxygens (including phenoxy) is 2. The minimum absolute atomic E-state index is 0.0851. The molecule has 1 unspecified atom stereocenters. The van der Waals surface area contributed by atoms with Crippen molar-refractivity contribution in [2.75, 3.05) is 32.8 Å². The van der Waals surface area contributed by atoms with Crippen LogP contribution in [-0.2, 0) is 4.74 Å². The molecule has 7 nitrogen and oxygen atoms in total. The van der Waals surface area contributed by atoms with Gasteiger partial charge in [-0.1, -0.05) is 0 Å². The molecule has 2 bridgehead atoms. The van der Waals surface area contributed by atoms with Crippen molar-refractivity contribution < 1.29 is 14.3 Å². The van der Waals surface area contributed by atoms with Crippen LogP contribution in [0, 0.1) is 5.92 Å². The third kappa shape index (κ3) is 3.41. The van der Waals surface area contributed by atoms with Crippen molar-refractivity contribution in [2.24, 2.45) is 5.92 Å². The van der Waals surface area contributed by atoms with Crippen molar-refractivity contribution in [3.8, 4) is 5.75 Å². The summed E-state index contributed by atoms with van der Waals surface area (Å²) in [6.45, 7) is 4.79. The number of amides is 1. The van der Waals surface area contributed by atoms with Gasteiger partial charge in [0.2, 0.25) is 0 Å². The Morgan fingerprint density at radius 1 is 1.22 bits per heavy atom. The lowest BCUT2D eigenvalue weighted by Gasteiger charge is -2.44. The van der Waals surface area contributed by atoms with Crippen LogP contribution >= 0.6 is 0 Å². The number of piperidine rings is 3. The topological polar surface area (TPSA) is 79.5 Å². The Morgan fingerprint density at radius 3 is 2.78 bits per heavy atom. The molecule has 4 aliphatic heterocycles. The van der Waals surface area contributed by atoms with E-state index in [9.17, 15) is 4.79 Å². The fraction of sp³-hybridized carbons (Fsp3) is 0.600. The Kier molecular flexibility index (Phi) is 4.49. The van der Waals surface area contributed by atoms with E-state index in [1.54, 1.807) is 0 Å². The fourth-order valence-corrected chi connectivity index (χ4v) is 4.60. The molecule has 2 N–H and O–H groups in total. The first-order chi connectivity index (χ1) is 13.3. The maximum Gasteiger partial charge on any atom is 0.272 e. The summed E-state index contributed by atoms with van der Waals surface area (Å²) in [4.78, 5) is 15.2. The molecule has 1 amide bonds. The van der Waals surface area contributed by atoms with Crippen molar-refractivity contribution in [3.63, 3.8) is 0 Å². The molecule has 4 aliphatic rings. The Hall–Kier alpha value is -2.12. The molecule has 144 valence electrons. The van der Waals surface area contributed by atoms with Crippen LogP contribution in [0.1, 0.15) is 36.2 Å². The van der Waals surface area contributed by atoms with Gasteiger partial charge in [-0.15, -0.1) is 0 Å². The van der Waals surface area contributed by atoms with Gasteiger partial charge < -0.3 is 19.7 Å². The lowest BCUT2D eigenvalue weighted by atomic mass is 9.84. The predicted molar refractivity (Wildman–Crippen MR) is 101 cm³/mol. The maximum atomic E-state index is 12.8. The molecule has 0 radical (unpaired) electrons. The number of hydrogen-bond acceptors (Lipinski definition) is 5. The molecule has 0 saturated carbocycles. The summed E-state index contributed by atoms with van der Waals surface area (Å²) < 4.78 is 11.4. The molecule has 2 aromatic rings. The van der Waals surface area contributed by atoms with Crippen molar-refractivity contribution in [2.45, 2.75) is 37.8 Å². The number of fused-ring (bicyclic) bond motifs is 4. The predicted octanol–water partition coefficient (Wildman–Crippen LogP) is 1.94. The number of carbonyl (C=O) groups excluding carboxylic acids is 1. The second-order valence-electron chi connectivity index (χ2n) is 7.93. The fourth-order valence-electron chi connectivity index (χ4n) is 4.60. The van der Waals surface area contributed by atoms with E-state index in [-0.39, 0.29) is 18.1 Å². The maximum absolute atomic E-state index is 12.8. The van der Waals surface area contributed by atoms with E-state index in [1.165, 1.54) is 12.8 Å². The molecule has 5 heterocycles. The summed E-state index contributed by atoms with van der Waals surface area (Å²) in [5.74, 6) is 1.32. The highest BCUT2D eigenvalue weighted by Gasteiger charge is 2.35. The number of rotatable bonds is 4. The average molecular weight is 370 g/mol. The summed E-state index contributed by atoms with van der Waals surface area (Å²) in [7, 11) is 0. The van der Waals surface area contributed by atoms with E-state index in [1.807, 2.05) is 18.2 Å². The van der Waals surface area contributed by atoms with E-state index >= 15 is 0 Å². The highest BCUT2D eigenvalue weighted by Crippen LogP contribution is 2.28. The zero-order chi connectivity index (χ0) is 18.2. The zero-order valence-corrected chi connectivity index (χ0v) is 15.4. The van der Waals surface area contributed by atoms with Gasteiger partial charge in [0.1, 0.15) is 11.9 Å². The van der Waals surface area contributed by atoms with Crippen molar-refractivity contribution in [1.82, 2.24) is 20.4 Å². The van der Waals surface area contributed by atoms with Gasteiger partial charge in [0.25, 0.3) is 5.91 Å². The van der Waals surface area contributed by atoms with Crippen LogP contribution in [0.2, 0.25) is 0 Å². The minimum Gasteiger partial charge on any atom is -0.490 e. The normalized spacial score (nSPS) is 28.4. The lowest BCUT2D eigenvalue weighted by molar-refractivity contribution is 0.0256. The molecule has 0 spiro atoms. The van der Waals surface area contributed by atoms with E-state index in [4.69, 9.17) is 9.47 Å². The number of benzene rings is 1. The summed E-state index contributed by atoms with van der Waals surface area (Å²) in [6, 6.07) is 6.03. The summed E-state index contributed by atoms with van der Waals surface area (Å²) in [6.07, 6.45) is 4.37. The third-order valence-electron chi connectivity index (χ3n) is 6.19. The number of nitrogens with one attached hydrogen (secondary N) is 2. The number of carbonyl (C=O) groups is 1. The summed E-state index contributed by atoms with van der Waals surface area (Å²) >= 11 is 0. The standard InChI is InChI=1S/C20H26N4O3/c25-20(21-18-12-24-7-3-13(18)4-8-24)19-16-2-1-15(11-17(16)22-23-19)27-14-5-9-26-10-6-14/h1-2,11,13-14,18H,3-10,12H2,(H,21,25)(H,22,23). The largest absolute Gasteiger partial charge is 0.490 e. The van der Waals surface area contributed by atoms with Gasteiger partial charge in [-0.25, -0.2) is 0 Å². The van der Waals surface area contributed by atoms with Crippen LogP contribution in [0.5, 0.6) is 5.75 Å². The molecule has 1 atom stereocenters. The van der Waals surface area contributed by atoms with Crippen LogP contribution in [-0.4, -0.2) is 66.0 Å². The van der Waals surface area contributed by atoms with Crippen LogP contribution < -0.4 is 10.1 Å². The van der Waals surface area contributed by atoms with E-state index in [2.05, 4.69) is 20.4 Å². The van der Waals surface area contributed by atoms with Crippen LogP contribution in [0.25, 0.3) is 10.9 Å².